The Morgan fingerprint density at radius 2 is 2.29 bits per heavy atom. The first-order valence-corrected chi connectivity index (χ1v) is 3.89. The topological polar surface area (TPSA) is 98.6 Å². The molecule has 0 spiro atoms. The van der Waals surface area contributed by atoms with Crippen molar-refractivity contribution in [1.29, 1.82) is 0 Å². The lowest BCUT2D eigenvalue weighted by Gasteiger charge is -2.08. The number of nitrogens with zero attached hydrogens (tertiary/aromatic N) is 1. The van der Waals surface area contributed by atoms with Gasteiger partial charge >= 0.3 is 0 Å². The van der Waals surface area contributed by atoms with E-state index in [-0.39, 0.29) is 11.4 Å². The van der Waals surface area contributed by atoms with E-state index in [2.05, 4.69) is 0 Å². The van der Waals surface area contributed by atoms with Gasteiger partial charge in [0.2, 0.25) is 0 Å². The third-order valence-corrected chi connectivity index (χ3v) is 1.50. The molecule has 0 bridgehead atoms. The number of hydrogen-bond acceptors (Lipinski definition) is 5. The van der Waals surface area contributed by atoms with Gasteiger partial charge in [0.05, 0.1) is 4.92 Å². The Kier molecular flexibility index (Phi) is 2.88. The lowest BCUT2D eigenvalue weighted by Crippen LogP contribution is -2.09. The Bertz CT molecular complexity index is 351. The van der Waals surface area contributed by atoms with Gasteiger partial charge in [0.15, 0.2) is 6.29 Å². The van der Waals surface area contributed by atoms with Gasteiger partial charge in [-0.05, 0) is 13.0 Å². The summed E-state index contributed by atoms with van der Waals surface area (Å²) in [6.45, 7) is 1.43. The van der Waals surface area contributed by atoms with Gasteiger partial charge in [-0.1, -0.05) is 0 Å². The molecule has 76 valence electrons. The van der Waals surface area contributed by atoms with Crippen LogP contribution < -0.4 is 10.5 Å². The van der Waals surface area contributed by atoms with E-state index in [0.29, 0.717) is 5.75 Å². The number of nitro groups is 1. The van der Waals surface area contributed by atoms with Crippen LogP contribution in [0.1, 0.15) is 6.92 Å². The Balaban J connectivity index is 2.94. The summed E-state index contributed by atoms with van der Waals surface area (Å²) in [6, 6.07) is 3.90. The highest BCUT2D eigenvalue weighted by Crippen LogP contribution is 2.26. The van der Waals surface area contributed by atoms with Crippen LogP contribution >= 0.6 is 0 Å². The predicted molar refractivity (Wildman–Crippen MR) is 49.8 cm³/mol. The van der Waals surface area contributed by atoms with Crippen molar-refractivity contribution in [3.63, 3.8) is 0 Å². The molecule has 6 heteroatoms. The molecule has 0 aromatic heterocycles. The van der Waals surface area contributed by atoms with Crippen LogP contribution in [0.3, 0.4) is 0 Å². The first kappa shape index (κ1) is 10.3. The van der Waals surface area contributed by atoms with E-state index >= 15 is 0 Å². The molecule has 0 saturated heterocycles. The number of aliphatic hydroxyl groups excluding tert-OH is 1. The van der Waals surface area contributed by atoms with Crippen molar-refractivity contribution in [3.8, 4) is 5.75 Å². The van der Waals surface area contributed by atoms with E-state index in [4.69, 9.17) is 15.6 Å². The first-order valence-electron chi connectivity index (χ1n) is 3.89. The normalized spacial score (nSPS) is 12.1. The first-order chi connectivity index (χ1) is 6.50. The molecule has 14 heavy (non-hydrogen) atoms. The minimum absolute atomic E-state index is 0.00755. The summed E-state index contributed by atoms with van der Waals surface area (Å²) < 4.78 is 4.88. The lowest BCUT2D eigenvalue weighted by molar-refractivity contribution is -0.383. The number of aliphatic hydroxyl groups is 1. The van der Waals surface area contributed by atoms with Crippen molar-refractivity contribution in [3.05, 3.63) is 28.3 Å². The van der Waals surface area contributed by atoms with Gasteiger partial charge in [0.25, 0.3) is 5.69 Å². The minimum atomic E-state index is -0.976. The molecule has 0 aliphatic carbocycles. The van der Waals surface area contributed by atoms with Crippen LogP contribution in [0.15, 0.2) is 18.2 Å². The fourth-order valence-electron chi connectivity index (χ4n) is 0.969. The molecule has 6 nitrogen and oxygen atoms in total. The molecule has 0 radical (unpaired) electrons. The van der Waals surface area contributed by atoms with E-state index in [9.17, 15) is 10.1 Å². The average Bonchev–Trinajstić information content (AvgIpc) is 2.01. The summed E-state index contributed by atoms with van der Waals surface area (Å²) in [5, 5.41) is 19.3. The van der Waals surface area contributed by atoms with E-state index in [1.165, 1.54) is 25.1 Å². The molecular weight excluding hydrogens is 188 g/mol. The zero-order valence-corrected chi connectivity index (χ0v) is 7.51. The molecular formula is C8H10N2O4. The van der Waals surface area contributed by atoms with Gasteiger partial charge < -0.3 is 15.6 Å². The second-order valence-corrected chi connectivity index (χ2v) is 2.69. The van der Waals surface area contributed by atoms with Gasteiger partial charge in [-0.25, -0.2) is 0 Å². The van der Waals surface area contributed by atoms with E-state index < -0.39 is 11.2 Å². The number of nitro benzene ring substituents is 1. The molecule has 1 aromatic carbocycles. The number of rotatable bonds is 3. The van der Waals surface area contributed by atoms with E-state index in [1.807, 2.05) is 0 Å². The Hall–Kier alpha value is -1.82. The molecule has 1 atom stereocenters. The van der Waals surface area contributed by atoms with Crippen molar-refractivity contribution in [2.75, 3.05) is 5.73 Å². The molecule has 0 aliphatic rings. The Morgan fingerprint density at radius 3 is 2.71 bits per heavy atom. The molecule has 0 saturated carbocycles. The summed E-state index contributed by atoms with van der Waals surface area (Å²) in [5.41, 5.74) is 5.22. The van der Waals surface area contributed by atoms with Gasteiger partial charge in [-0.15, -0.1) is 0 Å². The van der Waals surface area contributed by atoms with Crippen LogP contribution in [-0.4, -0.2) is 16.3 Å². The number of nitrogens with two attached hydrogens (primary N) is 1. The summed E-state index contributed by atoms with van der Waals surface area (Å²) >= 11 is 0. The summed E-state index contributed by atoms with van der Waals surface area (Å²) in [7, 11) is 0. The Morgan fingerprint density at radius 1 is 1.64 bits per heavy atom. The third-order valence-electron chi connectivity index (χ3n) is 1.50. The quantitative estimate of drug-likeness (QED) is 0.325. The second kappa shape index (κ2) is 3.93. The lowest BCUT2D eigenvalue weighted by atomic mass is 10.2. The van der Waals surface area contributed by atoms with Gasteiger partial charge in [-0.3, -0.25) is 10.1 Å². The van der Waals surface area contributed by atoms with E-state index in [0.717, 1.165) is 0 Å². The second-order valence-electron chi connectivity index (χ2n) is 2.69. The SMILES string of the molecule is CC(O)Oc1ccc([N+](=O)[O-])c(N)c1. The molecule has 3 N–H and O–H groups in total. The number of benzene rings is 1. The zero-order chi connectivity index (χ0) is 10.7. The summed E-state index contributed by atoms with van der Waals surface area (Å²) in [4.78, 5) is 9.81. The molecule has 0 heterocycles. The van der Waals surface area contributed by atoms with Crippen LogP contribution in [-0.2, 0) is 0 Å². The monoisotopic (exact) mass is 198 g/mol. The number of nitrogen functional groups attached to an aromatic ring is 1. The largest absolute Gasteiger partial charge is 0.465 e. The van der Waals surface area contributed by atoms with Crippen LogP contribution in [0.4, 0.5) is 11.4 Å². The van der Waals surface area contributed by atoms with Crippen LogP contribution in [0, 0.1) is 10.1 Å². The van der Waals surface area contributed by atoms with E-state index in [1.54, 1.807) is 0 Å². The summed E-state index contributed by atoms with van der Waals surface area (Å²) in [5.74, 6) is 0.295. The van der Waals surface area contributed by atoms with Crippen LogP contribution in [0.5, 0.6) is 5.75 Å². The van der Waals surface area contributed by atoms with Crippen LogP contribution in [0.2, 0.25) is 0 Å². The number of anilines is 1. The molecule has 0 amide bonds. The highest BCUT2D eigenvalue weighted by Gasteiger charge is 2.11. The molecule has 1 unspecified atom stereocenters. The molecule has 1 rings (SSSR count). The molecule has 1 aromatic rings. The smallest absolute Gasteiger partial charge is 0.292 e. The fraction of sp³-hybridized carbons (Fsp3) is 0.250. The van der Waals surface area contributed by atoms with Gasteiger partial charge in [0, 0.05) is 12.1 Å². The highest BCUT2D eigenvalue weighted by atomic mass is 16.6. The third kappa shape index (κ3) is 2.33. The van der Waals surface area contributed by atoms with Crippen molar-refractivity contribution >= 4 is 11.4 Å². The maximum atomic E-state index is 10.4. The van der Waals surface area contributed by atoms with Crippen molar-refractivity contribution in [2.45, 2.75) is 13.2 Å². The van der Waals surface area contributed by atoms with Gasteiger partial charge in [0.1, 0.15) is 11.4 Å². The number of ether oxygens (including phenoxy) is 1. The molecule has 0 aliphatic heterocycles. The zero-order valence-electron chi connectivity index (χ0n) is 7.51. The maximum absolute atomic E-state index is 10.4. The minimum Gasteiger partial charge on any atom is -0.465 e. The van der Waals surface area contributed by atoms with Crippen molar-refractivity contribution in [2.24, 2.45) is 0 Å². The maximum Gasteiger partial charge on any atom is 0.292 e. The van der Waals surface area contributed by atoms with Crippen LogP contribution in [0.25, 0.3) is 0 Å². The van der Waals surface area contributed by atoms with Gasteiger partial charge in [-0.2, -0.15) is 0 Å². The Labute approximate surface area is 80.1 Å². The van der Waals surface area contributed by atoms with Crippen molar-refractivity contribution < 1.29 is 14.8 Å². The molecule has 0 fully saturated rings. The van der Waals surface area contributed by atoms with Crippen molar-refractivity contribution in [1.82, 2.24) is 0 Å². The summed E-state index contributed by atoms with van der Waals surface area (Å²) in [6.07, 6.45) is -0.976. The number of hydrogen-bond donors (Lipinski definition) is 2. The highest BCUT2D eigenvalue weighted by molar-refractivity contribution is 5.60. The average molecular weight is 198 g/mol. The fourth-order valence-corrected chi connectivity index (χ4v) is 0.969. The standard InChI is InChI=1S/C8H10N2O4/c1-5(11)14-6-2-3-8(10(12)13)7(9)4-6/h2-5,11H,9H2,1H3. The predicted octanol–water partition coefficient (Wildman–Crippen LogP) is 0.894.